The molecule has 9 heteroatoms. The van der Waals surface area contributed by atoms with E-state index in [1.807, 2.05) is 0 Å². The van der Waals surface area contributed by atoms with Crippen LogP contribution < -0.4 is 0 Å². The molecule has 0 heterocycles. The van der Waals surface area contributed by atoms with Crippen LogP contribution in [0.2, 0.25) is 0 Å². The Bertz CT molecular complexity index is 978. The van der Waals surface area contributed by atoms with Gasteiger partial charge in [-0.3, -0.25) is 14.4 Å². The Morgan fingerprint density at radius 1 is 0.367 bits per heavy atom. The van der Waals surface area contributed by atoms with Crippen molar-refractivity contribution in [2.24, 2.45) is 0 Å². The lowest BCUT2D eigenvalue weighted by Gasteiger charge is -2.18. The van der Waals surface area contributed by atoms with Crippen molar-refractivity contribution in [1.82, 2.24) is 0 Å². The van der Waals surface area contributed by atoms with Gasteiger partial charge in [0, 0.05) is 0 Å². The summed E-state index contributed by atoms with van der Waals surface area (Å²) in [5.41, 5.74) is 0. The molecule has 0 aromatic carbocycles. The summed E-state index contributed by atoms with van der Waals surface area (Å²) in [7, 11) is 0. The zero-order chi connectivity index (χ0) is 43.7. The van der Waals surface area contributed by atoms with Gasteiger partial charge in [-0.1, -0.05) is 154 Å². The predicted molar refractivity (Wildman–Crippen MR) is 267 cm³/mol. The van der Waals surface area contributed by atoms with Crippen LogP contribution >= 0.6 is 35.3 Å². The number of esters is 3. The molecule has 0 radical (unpaired) electrons. The molecule has 6 nitrogen and oxygen atoms in total. The predicted octanol–water partition coefficient (Wildman–Crippen LogP) is 15.6. The Morgan fingerprint density at radius 2 is 0.633 bits per heavy atom. The Morgan fingerprint density at radius 3 is 0.933 bits per heavy atom. The van der Waals surface area contributed by atoms with E-state index in [0.29, 0.717) is 0 Å². The highest BCUT2D eigenvalue weighted by Gasteiger charge is 2.20. The number of thioether (sulfide) groups is 3. The molecule has 0 atom stereocenters. The minimum atomic E-state index is -0.812. The molecule has 0 N–H and O–H groups in total. The third-order valence-electron chi connectivity index (χ3n) is 10.2. The summed E-state index contributed by atoms with van der Waals surface area (Å²) in [6, 6.07) is 0. The first-order chi connectivity index (χ1) is 29.5. The molecule has 0 amide bonds. The maximum absolute atomic E-state index is 12.7. The first-order valence-electron chi connectivity index (χ1n) is 24.7. The first-order valence-corrected chi connectivity index (χ1v) is 28.2. The minimum absolute atomic E-state index is 0.110. The number of ether oxygens (including phenoxy) is 3. The van der Waals surface area contributed by atoms with Gasteiger partial charge in [0.05, 0.1) is 17.3 Å². The van der Waals surface area contributed by atoms with Crippen molar-refractivity contribution < 1.29 is 28.6 Å². The van der Waals surface area contributed by atoms with Crippen molar-refractivity contribution in [3.05, 3.63) is 36.5 Å². The molecule has 0 aliphatic heterocycles. The normalized spacial score (nSPS) is 12.2. The molecule has 0 aliphatic rings. The van der Waals surface area contributed by atoms with Gasteiger partial charge < -0.3 is 14.2 Å². The summed E-state index contributed by atoms with van der Waals surface area (Å²) in [5, 5.41) is 0. The van der Waals surface area contributed by atoms with Crippen LogP contribution in [0.3, 0.4) is 0 Å². The van der Waals surface area contributed by atoms with E-state index in [4.69, 9.17) is 14.2 Å². The summed E-state index contributed by atoms with van der Waals surface area (Å²) in [5.74, 6) is 2.42. The van der Waals surface area contributed by atoms with Crippen molar-refractivity contribution in [3.63, 3.8) is 0 Å². The second-order valence-electron chi connectivity index (χ2n) is 16.2. The highest BCUT2D eigenvalue weighted by Crippen LogP contribution is 2.14. The van der Waals surface area contributed by atoms with E-state index in [2.05, 4.69) is 57.2 Å². The number of carbonyl (C=O) groups is 3. The van der Waals surface area contributed by atoms with Crippen molar-refractivity contribution in [3.8, 4) is 0 Å². The fraction of sp³-hybridized carbons (Fsp3) is 0.824. The Kier molecular flexibility index (Phi) is 49.2. The van der Waals surface area contributed by atoms with Crippen LogP contribution in [0.1, 0.15) is 213 Å². The number of hydrogen-bond acceptors (Lipinski definition) is 9. The molecule has 0 fully saturated rings. The van der Waals surface area contributed by atoms with E-state index >= 15 is 0 Å². The van der Waals surface area contributed by atoms with Crippen LogP contribution in [0.25, 0.3) is 0 Å². The molecule has 0 unspecified atom stereocenters. The standard InChI is InChI=1S/C51H92O6S3/c1-4-7-10-13-16-19-22-25-28-31-34-37-40-58-45-49(52)55-43-48(57-51(54)47-60-42-39-36-33-30-27-24-21-18-15-12-9-6-3)44-56-50(53)46-59-41-38-35-32-29-26-23-20-17-14-11-8-5-2/h22-27,48H,4-21,28-47H2,1-3H3. The van der Waals surface area contributed by atoms with Crippen molar-refractivity contribution >= 4 is 53.2 Å². The van der Waals surface area contributed by atoms with Crippen LogP contribution in [-0.4, -0.2) is 71.7 Å². The van der Waals surface area contributed by atoms with Gasteiger partial charge in [-0.15, -0.1) is 0 Å². The van der Waals surface area contributed by atoms with Gasteiger partial charge in [0.15, 0.2) is 6.10 Å². The Labute approximate surface area is 383 Å². The smallest absolute Gasteiger partial charge is 0.316 e. The molecule has 0 saturated carbocycles. The fourth-order valence-electron chi connectivity index (χ4n) is 6.49. The van der Waals surface area contributed by atoms with Gasteiger partial charge in [-0.05, 0) is 114 Å². The Hall–Kier alpha value is -1.32. The van der Waals surface area contributed by atoms with Gasteiger partial charge in [0.25, 0.3) is 0 Å². The molecule has 350 valence electrons. The van der Waals surface area contributed by atoms with E-state index in [1.54, 1.807) is 35.3 Å². The molecule has 0 aromatic heterocycles. The highest BCUT2D eigenvalue weighted by molar-refractivity contribution is 8.00. The van der Waals surface area contributed by atoms with Crippen LogP contribution in [0, 0.1) is 0 Å². The van der Waals surface area contributed by atoms with Crippen molar-refractivity contribution in [2.75, 3.05) is 47.7 Å². The van der Waals surface area contributed by atoms with Crippen molar-refractivity contribution in [1.29, 1.82) is 0 Å². The third-order valence-corrected chi connectivity index (χ3v) is 13.3. The van der Waals surface area contributed by atoms with Gasteiger partial charge in [-0.2, -0.15) is 35.3 Å². The van der Waals surface area contributed by atoms with E-state index in [1.165, 1.54) is 135 Å². The SMILES string of the molecule is CCCCCCCC=CCCCCCSCC(=O)OCC(COC(=O)CSCCCCCC=CCCCCCCC)OC(=O)CSCCCCCC=CCCCCCCC. The molecule has 60 heavy (non-hydrogen) atoms. The number of carbonyl (C=O) groups excluding carboxylic acids is 3. The molecule has 0 aliphatic carbocycles. The topological polar surface area (TPSA) is 78.9 Å². The van der Waals surface area contributed by atoms with Crippen LogP contribution in [-0.2, 0) is 28.6 Å². The largest absolute Gasteiger partial charge is 0.461 e. The lowest BCUT2D eigenvalue weighted by atomic mass is 10.1. The number of allylic oxidation sites excluding steroid dienone is 6. The zero-order valence-corrected chi connectivity index (χ0v) is 41.5. The minimum Gasteiger partial charge on any atom is -0.461 e. The monoisotopic (exact) mass is 897 g/mol. The van der Waals surface area contributed by atoms with E-state index in [-0.39, 0.29) is 48.4 Å². The molecule has 0 aromatic rings. The van der Waals surface area contributed by atoms with Gasteiger partial charge in [0.1, 0.15) is 13.2 Å². The van der Waals surface area contributed by atoms with Crippen molar-refractivity contribution in [2.45, 2.75) is 219 Å². The molecule has 0 bridgehead atoms. The first kappa shape index (κ1) is 58.7. The fourth-order valence-corrected chi connectivity index (χ4v) is 8.88. The summed E-state index contributed by atoms with van der Waals surface area (Å²) in [4.78, 5) is 37.9. The van der Waals surface area contributed by atoms with Gasteiger partial charge in [-0.25, -0.2) is 0 Å². The van der Waals surface area contributed by atoms with Crippen LogP contribution in [0.4, 0.5) is 0 Å². The lowest BCUT2D eigenvalue weighted by molar-refractivity contribution is -0.163. The van der Waals surface area contributed by atoms with E-state index < -0.39 is 6.10 Å². The van der Waals surface area contributed by atoms with Gasteiger partial charge in [0.2, 0.25) is 0 Å². The lowest BCUT2D eigenvalue weighted by Crippen LogP contribution is -2.32. The summed E-state index contributed by atoms with van der Waals surface area (Å²) in [6.45, 7) is 6.54. The number of hydrogen-bond donors (Lipinski definition) is 0. The highest BCUT2D eigenvalue weighted by atomic mass is 32.2. The quantitative estimate of drug-likeness (QED) is 0.0257. The van der Waals surface area contributed by atoms with E-state index in [0.717, 1.165) is 75.0 Å². The van der Waals surface area contributed by atoms with Crippen LogP contribution in [0.15, 0.2) is 36.5 Å². The summed E-state index contributed by atoms with van der Waals surface area (Å²) in [6.07, 6.45) is 50.1. The second kappa shape index (κ2) is 50.3. The van der Waals surface area contributed by atoms with Gasteiger partial charge >= 0.3 is 17.9 Å². The molecular weight excluding hydrogens is 805 g/mol. The summed E-state index contributed by atoms with van der Waals surface area (Å²) >= 11 is 4.72. The van der Waals surface area contributed by atoms with Crippen LogP contribution in [0.5, 0.6) is 0 Å². The zero-order valence-electron chi connectivity index (χ0n) is 39.1. The maximum Gasteiger partial charge on any atom is 0.316 e. The molecule has 0 saturated heterocycles. The second-order valence-corrected chi connectivity index (χ2v) is 19.5. The summed E-state index contributed by atoms with van der Waals surface area (Å²) < 4.78 is 16.7. The van der Waals surface area contributed by atoms with E-state index in [9.17, 15) is 14.4 Å². The number of rotatable bonds is 47. The average molecular weight is 897 g/mol. The number of unbranched alkanes of at least 4 members (excludes halogenated alkanes) is 24. The third kappa shape index (κ3) is 47.7. The molecule has 0 rings (SSSR count). The molecule has 0 spiro atoms. The average Bonchev–Trinajstić information content (AvgIpc) is 3.24. The molecular formula is C51H92O6S3. The Balaban J connectivity index is 4.40. The maximum atomic E-state index is 12.7.